The van der Waals surface area contributed by atoms with E-state index in [-0.39, 0.29) is 12.7 Å². The largest absolute Gasteiger partial charge is 0.454 e. The van der Waals surface area contributed by atoms with E-state index in [1.54, 1.807) is 35.0 Å². The molecule has 2 aromatic carbocycles. The number of carbonyl (C=O) groups excluding carboxylic acids is 1. The van der Waals surface area contributed by atoms with Gasteiger partial charge in [-0.25, -0.2) is 4.39 Å². The van der Waals surface area contributed by atoms with Gasteiger partial charge in [0.25, 0.3) is 5.91 Å². The third kappa shape index (κ3) is 3.59. The number of ether oxygens (including phenoxy) is 2. The molecule has 1 aliphatic rings. The van der Waals surface area contributed by atoms with Crippen molar-refractivity contribution < 1.29 is 18.7 Å². The minimum atomic E-state index is -0.391. The van der Waals surface area contributed by atoms with Crippen molar-refractivity contribution in [3.05, 3.63) is 70.1 Å². The first-order valence-electron chi connectivity index (χ1n) is 8.19. The SMILES string of the molecule is Cc1cc(NC(=O)c2ccc3c(c2)OCO3)nn1Cc1ccc(F)cc1Cl. The van der Waals surface area contributed by atoms with E-state index in [2.05, 4.69) is 10.4 Å². The molecule has 1 aliphatic heterocycles. The molecule has 0 radical (unpaired) electrons. The van der Waals surface area contributed by atoms with Gasteiger partial charge < -0.3 is 14.8 Å². The molecule has 0 unspecified atom stereocenters. The lowest BCUT2D eigenvalue weighted by Gasteiger charge is -2.07. The summed E-state index contributed by atoms with van der Waals surface area (Å²) in [6.45, 7) is 2.38. The number of fused-ring (bicyclic) bond motifs is 1. The van der Waals surface area contributed by atoms with Crippen LogP contribution in [0.25, 0.3) is 0 Å². The van der Waals surface area contributed by atoms with Gasteiger partial charge in [0, 0.05) is 22.3 Å². The summed E-state index contributed by atoms with van der Waals surface area (Å²) in [5, 5.41) is 7.47. The van der Waals surface area contributed by atoms with Crippen LogP contribution < -0.4 is 14.8 Å². The fraction of sp³-hybridized carbons (Fsp3) is 0.158. The summed E-state index contributed by atoms with van der Waals surface area (Å²) in [5.74, 6) is 0.863. The number of aryl methyl sites for hydroxylation is 1. The fourth-order valence-electron chi connectivity index (χ4n) is 2.77. The molecular weight excluding hydrogens is 373 g/mol. The Balaban J connectivity index is 1.50. The van der Waals surface area contributed by atoms with Crippen molar-refractivity contribution in [3.63, 3.8) is 0 Å². The van der Waals surface area contributed by atoms with Crippen LogP contribution in [0.15, 0.2) is 42.5 Å². The summed E-state index contributed by atoms with van der Waals surface area (Å²) in [6, 6.07) is 11.0. The first-order valence-corrected chi connectivity index (χ1v) is 8.57. The van der Waals surface area contributed by atoms with Gasteiger partial charge in [0.05, 0.1) is 6.54 Å². The molecule has 3 aromatic rings. The summed E-state index contributed by atoms with van der Waals surface area (Å²) in [6.07, 6.45) is 0. The van der Waals surface area contributed by atoms with Crippen molar-refractivity contribution in [2.45, 2.75) is 13.5 Å². The topological polar surface area (TPSA) is 65.4 Å². The van der Waals surface area contributed by atoms with Gasteiger partial charge in [0.15, 0.2) is 17.3 Å². The van der Waals surface area contributed by atoms with Gasteiger partial charge in [-0.2, -0.15) is 5.10 Å². The zero-order valence-corrected chi connectivity index (χ0v) is 15.1. The first-order chi connectivity index (χ1) is 13.0. The lowest BCUT2D eigenvalue weighted by atomic mass is 10.2. The van der Waals surface area contributed by atoms with E-state index in [0.717, 1.165) is 11.3 Å². The molecule has 1 N–H and O–H groups in total. The van der Waals surface area contributed by atoms with E-state index in [4.69, 9.17) is 21.1 Å². The number of rotatable bonds is 4. The van der Waals surface area contributed by atoms with Gasteiger partial charge in [0.1, 0.15) is 5.82 Å². The molecule has 4 rings (SSSR count). The van der Waals surface area contributed by atoms with Crippen molar-refractivity contribution in [3.8, 4) is 11.5 Å². The van der Waals surface area contributed by atoms with Crippen LogP contribution in [0, 0.1) is 12.7 Å². The summed E-state index contributed by atoms with van der Waals surface area (Å²) in [5.41, 5.74) is 2.00. The Kier molecular flexibility index (Phi) is 4.45. The van der Waals surface area contributed by atoms with Gasteiger partial charge >= 0.3 is 0 Å². The first kappa shape index (κ1) is 17.4. The molecule has 0 spiro atoms. The zero-order chi connectivity index (χ0) is 19.0. The monoisotopic (exact) mass is 387 g/mol. The van der Waals surface area contributed by atoms with Crippen molar-refractivity contribution in [2.24, 2.45) is 0 Å². The Hall–Kier alpha value is -3.06. The smallest absolute Gasteiger partial charge is 0.257 e. The molecular formula is C19H15ClFN3O3. The Morgan fingerprint density at radius 1 is 1.22 bits per heavy atom. The number of aromatic nitrogens is 2. The maximum absolute atomic E-state index is 13.2. The number of amides is 1. The Labute approximate surface area is 159 Å². The minimum absolute atomic E-state index is 0.149. The standard InChI is InChI=1S/C19H15ClFN3O3/c1-11-6-18(23-24(11)9-13-2-4-14(21)8-15(13)20)22-19(25)12-3-5-16-17(7-12)27-10-26-16/h2-8H,9-10H2,1H3,(H,22,23,25). The lowest BCUT2D eigenvalue weighted by molar-refractivity contribution is 0.102. The molecule has 1 amide bonds. The molecule has 138 valence electrons. The second-order valence-electron chi connectivity index (χ2n) is 6.09. The highest BCUT2D eigenvalue weighted by atomic mass is 35.5. The summed E-state index contributed by atoms with van der Waals surface area (Å²) in [7, 11) is 0. The zero-order valence-electron chi connectivity index (χ0n) is 14.3. The van der Waals surface area contributed by atoms with Crippen LogP contribution >= 0.6 is 11.6 Å². The van der Waals surface area contributed by atoms with Crippen LogP contribution in [-0.4, -0.2) is 22.5 Å². The van der Waals surface area contributed by atoms with E-state index < -0.39 is 5.82 Å². The number of carbonyl (C=O) groups is 1. The number of benzene rings is 2. The molecule has 27 heavy (non-hydrogen) atoms. The van der Waals surface area contributed by atoms with E-state index in [1.807, 2.05) is 6.92 Å². The molecule has 0 aliphatic carbocycles. The highest BCUT2D eigenvalue weighted by Crippen LogP contribution is 2.32. The molecule has 8 heteroatoms. The summed E-state index contributed by atoms with van der Waals surface area (Å²) < 4.78 is 25.4. The van der Waals surface area contributed by atoms with Gasteiger partial charge in [-0.15, -0.1) is 0 Å². The lowest BCUT2D eigenvalue weighted by Crippen LogP contribution is -2.13. The quantitative estimate of drug-likeness (QED) is 0.734. The average Bonchev–Trinajstić information content (AvgIpc) is 3.23. The van der Waals surface area contributed by atoms with Crippen LogP contribution in [0.4, 0.5) is 10.2 Å². The number of hydrogen-bond donors (Lipinski definition) is 1. The minimum Gasteiger partial charge on any atom is -0.454 e. The molecule has 2 heterocycles. The highest BCUT2D eigenvalue weighted by molar-refractivity contribution is 6.31. The number of nitrogens with zero attached hydrogens (tertiary/aromatic N) is 2. The second-order valence-corrected chi connectivity index (χ2v) is 6.49. The van der Waals surface area contributed by atoms with Crippen LogP contribution in [0.5, 0.6) is 11.5 Å². The third-order valence-electron chi connectivity index (χ3n) is 4.19. The van der Waals surface area contributed by atoms with E-state index >= 15 is 0 Å². The molecule has 0 fully saturated rings. The third-order valence-corrected chi connectivity index (χ3v) is 4.54. The number of anilines is 1. The van der Waals surface area contributed by atoms with Gasteiger partial charge in [-0.3, -0.25) is 9.48 Å². The maximum atomic E-state index is 13.2. The molecule has 6 nitrogen and oxygen atoms in total. The van der Waals surface area contributed by atoms with Crippen molar-refractivity contribution in [2.75, 3.05) is 12.1 Å². The van der Waals surface area contributed by atoms with E-state index in [9.17, 15) is 9.18 Å². The normalized spacial score (nSPS) is 12.3. The predicted molar refractivity (Wildman–Crippen MR) is 98.0 cm³/mol. The van der Waals surface area contributed by atoms with Crippen LogP contribution in [0.1, 0.15) is 21.6 Å². The molecule has 0 saturated heterocycles. The highest BCUT2D eigenvalue weighted by Gasteiger charge is 2.17. The van der Waals surface area contributed by atoms with E-state index in [0.29, 0.717) is 34.4 Å². The van der Waals surface area contributed by atoms with Crippen molar-refractivity contribution >= 4 is 23.3 Å². The maximum Gasteiger partial charge on any atom is 0.257 e. The Bertz CT molecular complexity index is 1040. The molecule has 1 aromatic heterocycles. The van der Waals surface area contributed by atoms with Crippen molar-refractivity contribution in [1.29, 1.82) is 0 Å². The number of nitrogens with one attached hydrogen (secondary N) is 1. The van der Waals surface area contributed by atoms with Crippen LogP contribution in [-0.2, 0) is 6.54 Å². The van der Waals surface area contributed by atoms with Crippen LogP contribution in [0.3, 0.4) is 0 Å². The molecule has 0 saturated carbocycles. The van der Waals surface area contributed by atoms with Gasteiger partial charge in [-0.1, -0.05) is 17.7 Å². The fourth-order valence-corrected chi connectivity index (χ4v) is 3.00. The summed E-state index contributed by atoms with van der Waals surface area (Å²) in [4.78, 5) is 12.5. The predicted octanol–water partition coefficient (Wildman–Crippen LogP) is 4.01. The Morgan fingerprint density at radius 2 is 2.04 bits per heavy atom. The summed E-state index contributed by atoms with van der Waals surface area (Å²) >= 11 is 6.08. The van der Waals surface area contributed by atoms with Gasteiger partial charge in [-0.05, 0) is 42.8 Å². The average molecular weight is 388 g/mol. The number of hydrogen-bond acceptors (Lipinski definition) is 4. The number of halogens is 2. The molecule has 0 atom stereocenters. The molecule has 0 bridgehead atoms. The Morgan fingerprint density at radius 3 is 2.85 bits per heavy atom. The second kappa shape index (κ2) is 6.92. The van der Waals surface area contributed by atoms with Gasteiger partial charge in [0.2, 0.25) is 6.79 Å². The van der Waals surface area contributed by atoms with Crippen molar-refractivity contribution in [1.82, 2.24) is 9.78 Å². The van der Waals surface area contributed by atoms with E-state index in [1.165, 1.54) is 12.1 Å². The van der Waals surface area contributed by atoms with Crippen LogP contribution in [0.2, 0.25) is 5.02 Å².